The number of nitrogens with zero attached hydrogens (tertiary/aromatic N) is 3. The fourth-order valence-electron chi connectivity index (χ4n) is 3.38. The molecule has 1 amide bonds. The summed E-state index contributed by atoms with van der Waals surface area (Å²) in [4.78, 5) is 22.4. The van der Waals surface area contributed by atoms with Crippen molar-refractivity contribution in [3.63, 3.8) is 0 Å². The largest absolute Gasteiger partial charge is 0.379 e. The number of morpholine rings is 1. The smallest absolute Gasteiger partial charge is 0.260 e. The van der Waals surface area contributed by atoms with Crippen LogP contribution in [0.15, 0.2) is 40.9 Å². The molecule has 1 fully saturated rings. The molecule has 1 aromatic heterocycles. The Morgan fingerprint density at radius 2 is 1.86 bits per heavy atom. The highest BCUT2D eigenvalue weighted by Crippen LogP contribution is 2.31. The minimum Gasteiger partial charge on any atom is -0.379 e. The predicted octanol–water partition coefficient (Wildman–Crippen LogP) is 4.65. The Morgan fingerprint density at radius 1 is 1.17 bits per heavy atom. The number of fused-ring (bicyclic) bond motifs is 1. The molecule has 0 radical (unpaired) electrons. The van der Waals surface area contributed by atoms with E-state index in [1.807, 2.05) is 29.2 Å². The van der Waals surface area contributed by atoms with Gasteiger partial charge in [-0.3, -0.25) is 14.6 Å². The van der Waals surface area contributed by atoms with Gasteiger partial charge in [-0.25, -0.2) is 4.98 Å². The number of halogens is 1. The van der Waals surface area contributed by atoms with Crippen LogP contribution in [0.25, 0.3) is 10.2 Å². The molecular formula is C22H24BrN3O2S. The van der Waals surface area contributed by atoms with Gasteiger partial charge in [0.2, 0.25) is 0 Å². The molecule has 1 saturated heterocycles. The molecule has 0 spiro atoms. The van der Waals surface area contributed by atoms with Crippen molar-refractivity contribution >= 4 is 48.5 Å². The van der Waals surface area contributed by atoms with Gasteiger partial charge in [-0.1, -0.05) is 27.3 Å². The summed E-state index contributed by atoms with van der Waals surface area (Å²) in [5, 5.41) is 0.756. The molecule has 0 aliphatic carbocycles. The van der Waals surface area contributed by atoms with E-state index in [-0.39, 0.29) is 5.91 Å². The molecule has 2 aromatic carbocycles. The molecule has 152 valence electrons. The van der Waals surface area contributed by atoms with Crippen molar-refractivity contribution in [2.75, 3.05) is 44.3 Å². The lowest BCUT2D eigenvalue weighted by Gasteiger charge is -2.29. The van der Waals surface area contributed by atoms with Gasteiger partial charge in [-0.2, -0.15) is 0 Å². The third-order valence-electron chi connectivity index (χ3n) is 5.30. The Hall–Kier alpha value is -1.80. The molecular weight excluding hydrogens is 450 g/mol. The topological polar surface area (TPSA) is 45.7 Å². The first-order valence-electron chi connectivity index (χ1n) is 9.76. The molecule has 3 aromatic rings. The standard InChI is InChI=1S/C22H24BrN3O2S/c1-15-13-19-20(14-16(15)2)29-22(24-19)26(8-7-25-9-11-28-12-10-25)21(27)17-3-5-18(23)6-4-17/h3-6,13-14H,7-12H2,1-2H3. The maximum atomic E-state index is 13.4. The third kappa shape index (κ3) is 4.69. The first kappa shape index (κ1) is 20.5. The Morgan fingerprint density at radius 3 is 2.59 bits per heavy atom. The number of ether oxygens (including phenoxy) is 1. The second-order valence-corrected chi connectivity index (χ2v) is 9.24. The minimum absolute atomic E-state index is 0.0155. The predicted molar refractivity (Wildman–Crippen MR) is 122 cm³/mol. The Kier molecular flexibility index (Phi) is 6.29. The molecule has 0 unspecified atom stereocenters. The van der Waals surface area contributed by atoms with Crippen LogP contribution in [0.3, 0.4) is 0 Å². The van der Waals surface area contributed by atoms with Gasteiger partial charge in [-0.15, -0.1) is 0 Å². The summed E-state index contributed by atoms with van der Waals surface area (Å²) in [5.41, 5.74) is 4.08. The highest BCUT2D eigenvalue weighted by Gasteiger charge is 2.23. The Labute approximate surface area is 183 Å². The van der Waals surface area contributed by atoms with Crippen LogP contribution >= 0.6 is 27.3 Å². The van der Waals surface area contributed by atoms with Crippen molar-refractivity contribution in [2.24, 2.45) is 0 Å². The van der Waals surface area contributed by atoms with Crippen molar-refractivity contribution in [1.29, 1.82) is 0 Å². The number of carbonyl (C=O) groups excluding carboxylic acids is 1. The number of amides is 1. The van der Waals surface area contributed by atoms with Crippen molar-refractivity contribution in [3.05, 3.63) is 57.6 Å². The molecule has 0 bridgehead atoms. The van der Waals surface area contributed by atoms with Gasteiger partial charge in [0.1, 0.15) is 0 Å². The van der Waals surface area contributed by atoms with Crippen molar-refractivity contribution in [1.82, 2.24) is 9.88 Å². The highest BCUT2D eigenvalue weighted by molar-refractivity contribution is 9.10. The molecule has 4 rings (SSSR count). The lowest BCUT2D eigenvalue weighted by Crippen LogP contribution is -2.43. The summed E-state index contributed by atoms with van der Waals surface area (Å²) in [5.74, 6) is -0.0155. The number of carbonyl (C=O) groups is 1. The number of aromatic nitrogens is 1. The lowest BCUT2D eigenvalue weighted by molar-refractivity contribution is 0.0391. The van der Waals surface area contributed by atoms with E-state index in [0.29, 0.717) is 12.1 Å². The Bertz CT molecular complexity index is 974. The Balaban J connectivity index is 1.64. The number of aryl methyl sites for hydroxylation is 2. The van der Waals surface area contributed by atoms with Crippen LogP contribution in [0, 0.1) is 13.8 Å². The summed E-state index contributed by atoms with van der Waals surface area (Å²) in [7, 11) is 0. The fourth-order valence-corrected chi connectivity index (χ4v) is 4.72. The van der Waals surface area contributed by atoms with E-state index in [1.54, 1.807) is 11.3 Å². The van der Waals surface area contributed by atoms with Crippen LogP contribution in [0.4, 0.5) is 5.13 Å². The summed E-state index contributed by atoms with van der Waals surface area (Å²) in [6, 6.07) is 11.8. The molecule has 2 heterocycles. The number of rotatable bonds is 5. The van der Waals surface area contributed by atoms with E-state index in [2.05, 4.69) is 46.8 Å². The van der Waals surface area contributed by atoms with E-state index >= 15 is 0 Å². The van der Waals surface area contributed by atoms with Crippen LogP contribution in [0.2, 0.25) is 0 Å². The zero-order chi connectivity index (χ0) is 20.4. The highest BCUT2D eigenvalue weighted by atomic mass is 79.9. The van der Waals surface area contributed by atoms with E-state index < -0.39 is 0 Å². The third-order valence-corrected chi connectivity index (χ3v) is 6.87. The fraction of sp³-hybridized carbons (Fsp3) is 0.364. The van der Waals surface area contributed by atoms with E-state index in [9.17, 15) is 4.79 Å². The van der Waals surface area contributed by atoms with Gasteiger partial charge < -0.3 is 4.74 Å². The van der Waals surface area contributed by atoms with Gasteiger partial charge >= 0.3 is 0 Å². The number of thiazole rings is 1. The SMILES string of the molecule is Cc1cc2nc(N(CCN3CCOCC3)C(=O)c3ccc(Br)cc3)sc2cc1C. The van der Waals surface area contributed by atoms with Crippen molar-refractivity contribution < 1.29 is 9.53 Å². The van der Waals surface area contributed by atoms with E-state index in [1.165, 1.54) is 11.1 Å². The minimum atomic E-state index is -0.0155. The molecule has 0 saturated carbocycles. The zero-order valence-corrected chi connectivity index (χ0v) is 19.1. The molecule has 1 aliphatic heterocycles. The second kappa shape index (κ2) is 8.92. The normalized spacial score (nSPS) is 15.0. The van der Waals surface area contributed by atoms with Crippen LogP contribution in [-0.2, 0) is 4.74 Å². The van der Waals surface area contributed by atoms with Crippen LogP contribution in [0.1, 0.15) is 21.5 Å². The number of hydrogen-bond donors (Lipinski definition) is 0. The first-order chi connectivity index (χ1) is 14.0. The molecule has 7 heteroatoms. The molecule has 29 heavy (non-hydrogen) atoms. The molecule has 0 atom stereocenters. The van der Waals surface area contributed by atoms with Gasteiger partial charge in [0, 0.05) is 36.2 Å². The van der Waals surface area contributed by atoms with E-state index in [4.69, 9.17) is 9.72 Å². The van der Waals surface area contributed by atoms with Crippen LogP contribution < -0.4 is 4.90 Å². The monoisotopic (exact) mass is 473 g/mol. The first-order valence-corrected chi connectivity index (χ1v) is 11.4. The van der Waals surface area contributed by atoms with Crippen molar-refractivity contribution in [2.45, 2.75) is 13.8 Å². The van der Waals surface area contributed by atoms with Crippen LogP contribution in [-0.4, -0.2) is 55.2 Å². The van der Waals surface area contributed by atoms with E-state index in [0.717, 1.165) is 52.7 Å². The van der Waals surface area contributed by atoms with Crippen molar-refractivity contribution in [3.8, 4) is 0 Å². The number of hydrogen-bond acceptors (Lipinski definition) is 5. The average molecular weight is 474 g/mol. The maximum absolute atomic E-state index is 13.4. The maximum Gasteiger partial charge on any atom is 0.260 e. The van der Waals surface area contributed by atoms with Gasteiger partial charge in [0.05, 0.1) is 23.4 Å². The lowest BCUT2D eigenvalue weighted by atomic mass is 10.1. The zero-order valence-electron chi connectivity index (χ0n) is 16.7. The number of anilines is 1. The van der Waals surface area contributed by atoms with Gasteiger partial charge in [0.25, 0.3) is 5.91 Å². The van der Waals surface area contributed by atoms with Gasteiger partial charge in [0.15, 0.2) is 5.13 Å². The second-order valence-electron chi connectivity index (χ2n) is 7.32. The quantitative estimate of drug-likeness (QED) is 0.540. The summed E-state index contributed by atoms with van der Waals surface area (Å²) < 4.78 is 7.52. The van der Waals surface area contributed by atoms with Gasteiger partial charge in [-0.05, 0) is 61.4 Å². The van der Waals surface area contributed by atoms with Crippen LogP contribution in [0.5, 0.6) is 0 Å². The molecule has 0 N–H and O–H groups in total. The molecule has 1 aliphatic rings. The summed E-state index contributed by atoms with van der Waals surface area (Å²) in [6.45, 7) is 8.92. The summed E-state index contributed by atoms with van der Waals surface area (Å²) in [6.07, 6.45) is 0. The average Bonchev–Trinajstić information content (AvgIpc) is 3.12. The number of benzene rings is 2. The summed E-state index contributed by atoms with van der Waals surface area (Å²) >= 11 is 5.02. The molecule has 5 nitrogen and oxygen atoms in total.